The maximum absolute atomic E-state index is 13.8. The summed E-state index contributed by atoms with van der Waals surface area (Å²) in [6.45, 7) is 6.43. The molecule has 1 amide bonds. The van der Waals surface area contributed by atoms with Gasteiger partial charge in [-0.25, -0.2) is 8.78 Å². The van der Waals surface area contributed by atoms with Crippen molar-refractivity contribution in [2.45, 2.75) is 32.3 Å². The quantitative estimate of drug-likeness (QED) is 0.367. The molecule has 2 aliphatic heterocycles. The monoisotopic (exact) mass is 522 g/mol. The van der Waals surface area contributed by atoms with Gasteiger partial charge in [0.2, 0.25) is 0 Å². The van der Waals surface area contributed by atoms with Crippen LogP contribution in [0.5, 0.6) is 0 Å². The van der Waals surface area contributed by atoms with Gasteiger partial charge in [0.25, 0.3) is 5.91 Å². The first-order chi connectivity index (χ1) is 13.6. The molecule has 0 bridgehead atoms. The molecule has 0 radical (unpaired) electrons. The van der Waals surface area contributed by atoms with Crippen LogP contribution in [0.25, 0.3) is 0 Å². The standard InChI is InChI=1S/C20H28F2N4O2.HI/c1-2-23-20(24-8-7-15-5-6-16(21)14-17(15)22)26-11-9-25(10-12-26)19(27)18-4-3-13-28-18;/h5-6,14,18H,2-4,7-13H2,1H3,(H,23,24);1H. The largest absolute Gasteiger partial charge is 0.368 e. The predicted octanol–water partition coefficient (Wildman–Crippen LogP) is 2.41. The summed E-state index contributed by atoms with van der Waals surface area (Å²) in [5.41, 5.74) is 0.452. The van der Waals surface area contributed by atoms with Crippen LogP contribution in [0.15, 0.2) is 23.2 Å². The molecule has 1 aromatic rings. The predicted molar refractivity (Wildman–Crippen MR) is 119 cm³/mol. The molecule has 2 aliphatic rings. The van der Waals surface area contributed by atoms with Crippen molar-refractivity contribution in [3.63, 3.8) is 0 Å². The van der Waals surface area contributed by atoms with Crippen LogP contribution in [-0.4, -0.2) is 73.6 Å². The number of guanidine groups is 1. The van der Waals surface area contributed by atoms with Crippen molar-refractivity contribution in [3.8, 4) is 0 Å². The molecule has 9 heteroatoms. The van der Waals surface area contributed by atoms with Crippen molar-refractivity contribution in [1.82, 2.24) is 15.1 Å². The summed E-state index contributed by atoms with van der Waals surface area (Å²) in [5.74, 6) is -0.268. The van der Waals surface area contributed by atoms with Crippen molar-refractivity contribution in [2.24, 2.45) is 4.99 Å². The zero-order valence-electron chi connectivity index (χ0n) is 16.7. The summed E-state index contributed by atoms with van der Waals surface area (Å²) in [6, 6.07) is 3.62. The fourth-order valence-electron chi connectivity index (χ4n) is 3.55. The average Bonchev–Trinajstić information content (AvgIpc) is 3.23. The minimum atomic E-state index is -0.575. The van der Waals surface area contributed by atoms with E-state index in [9.17, 15) is 13.6 Å². The topological polar surface area (TPSA) is 57.2 Å². The van der Waals surface area contributed by atoms with Gasteiger partial charge in [0.15, 0.2) is 5.96 Å². The molecule has 0 saturated carbocycles. The molecule has 162 valence electrons. The highest BCUT2D eigenvalue weighted by Gasteiger charge is 2.30. The Morgan fingerprint density at radius 2 is 1.97 bits per heavy atom. The zero-order chi connectivity index (χ0) is 19.9. The van der Waals surface area contributed by atoms with E-state index < -0.39 is 11.6 Å². The maximum atomic E-state index is 13.8. The minimum Gasteiger partial charge on any atom is -0.368 e. The molecule has 29 heavy (non-hydrogen) atoms. The number of amides is 1. The fraction of sp³-hybridized carbons (Fsp3) is 0.600. The number of ether oxygens (including phenoxy) is 1. The number of carbonyl (C=O) groups excluding carboxylic acids is 1. The molecule has 2 saturated heterocycles. The number of rotatable bonds is 5. The van der Waals surface area contributed by atoms with E-state index in [1.165, 1.54) is 12.1 Å². The van der Waals surface area contributed by atoms with Crippen molar-refractivity contribution in [2.75, 3.05) is 45.9 Å². The Hall–Kier alpha value is -1.49. The van der Waals surface area contributed by atoms with Gasteiger partial charge in [-0.1, -0.05) is 6.07 Å². The minimum absolute atomic E-state index is 0. The number of hydrogen-bond acceptors (Lipinski definition) is 3. The number of halogens is 3. The van der Waals surface area contributed by atoms with Crippen molar-refractivity contribution >= 4 is 35.8 Å². The van der Waals surface area contributed by atoms with Gasteiger partial charge in [0.1, 0.15) is 17.7 Å². The Kier molecular flexibility index (Phi) is 9.54. The third-order valence-corrected chi connectivity index (χ3v) is 5.09. The smallest absolute Gasteiger partial charge is 0.251 e. The van der Waals surface area contributed by atoms with Gasteiger partial charge >= 0.3 is 0 Å². The molecule has 0 aromatic heterocycles. The van der Waals surface area contributed by atoms with Crippen molar-refractivity contribution in [1.29, 1.82) is 0 Å². The summed E-state index contributed by atoms with van der Waals surface area (Å²) >= 11 is 0. The van der Waals surface area contributed by atoms with E-state index in [1.807, 2.05) is 11.8 Å². The Morgan fingerprint density at radius 3 is 2.59 bits per heavy atom. The van der Waals surface area contributed by atoms with E-state index in [-0.39, 0.29) is 36.0 Å². The highest BCUT2D eigenvalue weighted by Crippen LogP contribution is 2.16. The van der Waals surface area contributed by atoms with E-state index in [0.717, 1.165) is 31.4 Å². The van der Waals surface area contributed by atoms with Crippen LogP contribution in [0, 0.1) is 11.6 Å². The van der Waals surface area contributed by atoms with Crippen LogP contribution in [0.2, 0.25) is 0 Å². The van der Waals surface area contributed by atoms with E-state index >= 15 is 0 Å². The Labute approximate surface area is 187 Å². The molecule has 2 heterocycles. The fourth-order valence-corrected chi connectivity index (χ4v) is 3.55. The summed E-state index contributed by atoms with van der Waals surface area (Å²) in [6.07, 6.45) is 1.88. The van der Waals surface area contributed by atoms with E-state index in [4.69, 9.17) is 4.74 Å². The summed E-state index contributed by atoms with van der Waals surface area (Å²) in [7, 11) is 0. The number of hydrogen-bond donors (Lipinski definition) is 1. The van der Waals surface area contributed by atoms with Crippen LogP contribution in [0.1, 0.15) is 25.3 Å². The lowest BCUT2D eigenvalue weighted by Gasteiger charge is -2.37. The van der Waals surface area contributed by atoms with Gasteiger partial charge in [-0.05, 0) is 37.8 Å². The first kappa shape index (κ1) is 23.8. The molecular formula is C20H29F2IN4O2. The van der Waals surface area contributed by atoms with Gasteiger partial charge in [-0.15, -0.1) is 24.0 Å². The third-order valence-electron chi connectivity index (χ3n) is 5.09. The first-order valence-electron chi connectivity index (χ1n) is 9.96. The average molecular weight is 522 g/mol. The number of carbonyl (C=O) groups is 1. The van der Waals surface area contributed by atoms with Crippen LogP contribution in [-0.2, 0) is 16.0 Å². The molecule has 0 aliphatic carbocycles. The zero-order valence-corrected chi connectivity index (χ0v) is 19.0. The molecule has 2 fully saturated rings. The summed E-state index contributed by atoms with van der Waals surface area (Å²) < 4.78 is 32.3. The highest BCUT2D eigenvalue weighted by atomic mass is 127. The second-order valence-electron chi connectivity index (χ2n) is 7.04. The SMILES string of the molecule is CCNC(=NCCc1ccc(F)cc1F)N1CCN(C(=O)C2CCCO2)CC1.I. The van der Waals surface area contributed by atoms with E-state index in [0.29, 0.717) is 51.3 Å². The van der Waals surface area contributed by atoms with Gasteiger partial charge < -0.3 is 19.9 Å². The van der Waals surface area contributed by atoms with Gasteiger partial charge in [0, 0.05) is 51.9 Å². The molecule has 1 unspecified atom stereocenters. The number of nitrogens with one attached hydrogen (secondary N) is 1. The van der Waals surface area contributed by atoms with E-state index in [1.54, 1.807) is 0 Å². The van der Waals surface area contributed by atoms with Crippen LogP contribution >= 0.6 is 24.0 Å². The van der Waals surface area contributed by atoms with Crippen molar-refractivity contribution < 1.29 is 18.3 Å². The molecular weight excluding hydrogens is 493 g/mol. The first-order valence-corrected chi connectivity index (χ1v) is 9.96. The lowest BCUT2D eigenvalue weighted by Crippen LogP contribution is -2.55. The number of piperazine rings is 1. The van der Waals surface area contributed by atoms with Gasteiger partial charge in [0.05, 0.1) is 0 Å². The van der Waals surface area contributed by atoms with Crippen LogP contribution in [0.4, 0.5) is 8.78 Å². The summed E-state index contributed by atoms with van der Waals surface area (Å²) in [5, 5.41) is 3.26. The lowest BCUT2D eigenvalue weighted by atomic mass is 10.1. The molecule has 1 N–H and O–H groups in total. The van der Waals surface area contributed by atoms with Gasteiger partial charge in [-0.2, -0.15) is 0 Å². The van der Waals surface area contributed by atoms with E-state index in [2.05, 4.69) is 15.2 Å². The normalized spacial score (nSPS) is 19.8. The lowest BCUT2D eigenvalue weighted by molar-refractivity contribution is -0.142. The molecule has 3 rings (SSSR count). The highest BCUT2D eigenvalue weighted by molar-refractivity contribution is 14.0. The number of benzene rings is 1. The maximum Gasteiger partial charge on any atom is 0.251 e. The molecule has 6 nitrogen and oxygen atoms in total. The van der Waals surface area contributed by atoms with Crippen LogP contribution in [0.3, 0.4) is 0 Å². The second kappa shape index (κ2) is 11.6. The second-order valence-corrected chi connectivity index (χ2v) is 7.04. The molecule has 0 spiro atoms. The Morgan fingerprint density at radius 1 is 1.24 bits per heavy atom. The number of nitrogens with zero attached hydrogens (tertiary/aromatic N) is 3. The summed E-state index contributed by atoms with van der Waals surface area (Å²) in [4.78, 5) is 21.0. The van der Waals surface area contributed by atoms with Crippen molar-refractivity contribution in [3.05, 3.63) is 35.4 Å². The van der Waals surface area contributed by atoms with Gasteiger partial charge in [-0.3, -0.25) is 9.79 Å². The Bertz CT molecular complexity index is 706. The molecule has 1 aromatic carbocycles. The van der Waals surface area contributed by atoms with Crippen LogP contribution < -0.4 is 5.32 Å². The number of aliphatic imine (C=N–C) groups is 1. The Balaban J connectivity index is 0.00000300. The molecule has 1 atom stereocenters. The third kappa shape index (κ3) is 6.50.